The molecule has 1 aliphatic rings. The highest BCUT2D eigenvalue weighted by Crippen LogP contribution is 2.08. The fourth-order valence-electron chi connectivity index (χ4n) is 2.44. The number of rotatable bonds is 9. The fraction of sp³-hybridized carbons (Fsp3) is 0.733. The lowest BCUT2D eigenvalue weighted by Gasteiger charge is -2.14. The van der Waals surface area contributed by atoms with Crippen molar-refractivity contribution in [2.24, 2.45) is 0 Å². The highest BCUT2D eigenvalue weighted by Gasteiger charge is 2.10. The van der Waals surface area contributed by atoms with Crippen LogP contribution >= 0.6 is 0 Å². The van der Waals surface area contributed by atoms with E-state index >= 15 is 0 Å². The van der Waals surface area contributed by atoms with Crippen LogP contribution in [0.3, 0.4) is 0 Å². The molecule has 0 unspecified atom stereocenters. The summed E-state index contributed by atoms with van der Waals surface area (Å²) in [5, 5.41) is 6.63. The van der Waals surface area contributed by atoms with Crippen LogP contribution in [0.5, 0.6) is 0 Å². The van der Waals surface area contributed by atoms with Crippen LogP contribution in [0.4, 0.5) is 11.8 Å². The van der Waals surface area contributed by atoms with E-state index in [2.05, 4.69) is 32.4 Å². The summed E-state index contributed by atoms with van der Waals surface area (Å²) in [5.41, 5.74) is 0. The molecule has 0 bridgehead atoms. The molecular weight excluding hydrogens is 250 g/mol. The molecule has 0 aliphatic carbocycles. The predicted molar refractivity (Wildman–Crippen MR) is 84.2 cm³/mol. The zero-order chi connectivity index (χ0) is 14.0. The molecule has 0 amide bonds. The van der Waals surface area contributed by atoms with Crippen molar-refractivity contribution in [3.05, 3.63) is 12.3 Å². The van der Waals surface area contributed by atoms with Crippen LogP contribution in [0, 0.1) is 0 Å². The Morgan fingerprint density at radius 3 is 2.75 bits per heavy atom. The zero-order valence-electron chi connectivity index (χ0n) is 12.6. The van der Waals surface area contributed by atoms with Gasteiger partial charge in [-0.3, -0.25) is 0 Å². The number of nitrogens with one attached hydrogen (secondary N) is 2. The van der Waals surface area contributed by atoms with Gasteiger partial charge in [-0.25, -0.2) is 4.98 Å². The highest BCUT2D eigenvalue weighted by molar-refractivity contribution is 5.39. The Morgan fingerprint density at radius 2 is 1.95 bits per heavy atom. The molecule has 2 rings (SSSR count). The van der Waals surface area contributed by atoms with Crippen LogP contribution in [-0.2, 0) is 0 Å². The van der Waals surface area contributed by atoms with Gasteiger partial charge in [-0.05, 0) is 51.4 Å². The maximum Gasteiger partial charge on any atom is 0.224 e. The fourth-order valence-corrected chi connectivity index (χ4v) is 2.44. The second-order valence-electron chi connectivity index (χ2n) is 5.37. The van der Waals surface area contributed by atoms with E-state index in [0.717, 1.165) is 31.3 Å². The Labute approximate surface area is 122 Å². The van der Waals surface area contributed by atoms with Crippen molar-refractivity contribution in [1.82, 2.24) is 14.9 Å². The van der Waals surface area contributed by atoms with E-state index in [1.807, 2.05) is 12.3 Å². The third kappa shape index (κ3) is 5.33. The van der Waals surface area contributed by atoms with Crippen molar-refractivity contribution in [3.8, 4) is 0 Å². The van der Waals surface area contributed by atoms with Crippen LogP contribution in [0.15, 0.2) is 12.3 Å². The van der Waals surface area contributed by atoms with Crippen molar-refractivity contribution in [2.45, 2.75) is 39.0 Å². The van der Waals surface area contributed by atoms with Gasteiger partial charge in [0.15, 0.2) is 0 Å². The Hall–Kier alpha value is -1.36. The molecule has 0 saturated carbocycles. The molecule has 0 atom stereocenters. The molecule has 1 aromatic heterocycles. The molecular formula is C15H27N5. The second-order valence-corrected chi connectivity index (χ2v) is 5.37. The first-order valence-electron chi connectivity index (χ1n) is 7.91. The second kappa shape index (κ2) is 8.74. The van der Waals surface area contributed by atoms with E-state index in [-0.39, 0.29) is 0 Å². The minimum atomic E-state index is 0.725. The zero-order valence-corrected chi connectivity index (χ0v) is 12.6. The molecule has 2 heterocycles. The van der Waals surface area contributed by atoms with E-state index in [9.17, 15) is 0 Å². The van der Waals surface area contributed by atoms with E-state index in [0.29, 0.717) is 0 Å². The summed E-state index contributed by atoms with van der Waals surface area (Å²) in [4.78, 5) is 11.2. The molecule has 1 aromatic rings. The van der Waals surface area contributed by atoms with Crippen LogP contribution in [0.25, 0.3) is 0 Å². The van der Waals surface area contributed by atoms with E-state index in [1.165, 1.54) is 45.3 Å². The van der Waals surface area contributed by atoms with E-state index in [1.54, 1.807) is 0 Å². The molecule has 0 spiro atoms. The number of aromatic nitrogens is 2. The average molecular weight is 277 g/mol. The summed E-state index contributed by atoms with van der Waals surface area (Å²) in [6, 6.07) is 1.93. The molecule has 5 nitrogen and oxygen atoms in total. The summed E-state index contributed by atoms with van der Waals surface area (Å²) >= 11 is 0. The lowest BCUT2D eigenvalue weighted by molar-refractivity contribution is 0.337. The van der Waals surface area contributed by atoms with E-state index in [4.69, 9.17) is 0 Å². The minimum Gasteiger partial charge on any atom is -0.370 e. The van der Waals surface area contributed by atoms with Gasteiger partial charge in [0, 0.05) is 19.3 Å². The van der Waals surface area contributed by atoms with Crippen molar-refractivity contribution in [3.63, 3.8) is 0 Å². The van der Waals surface area contributed by atoms with E-state index < -0.39 is 0 Å². The SMILES string of the molecule is CCCCNc1nccc(NCCCN2CCCC2)n1. The molecule has 1 aliphatic heterocycles. The van der Waals surface area contributed by atoms with Crippen LogP contribution < -0.4 is 10.6 Å². The van der Waals surface area contributed by atoms with Gasteiger partial charge in [-0.15, -0.1) is 0 Å². The Bertz CT molecular complexity index is 376. The van der Waals surface area contributed by atoms with Crippen molar-refractivity contribution in [2.75, 3.05) is 43.4 Å². The largest absolute Gasteiger partial charge is 0.370 e. The Morgan fingerprint density at radius 1 is 1.15 bits per heavy atom. The lowest BCUT2D eigenvalue weighted by atomic mass is 10.3. The molecule has 2 N–H and O–H groups in total. The summed E-state index contributed by atoms with van der Waals surface area (Å²) < 4.78 is 0. The molecule has 0 radical (unpaired) electrons. The first-order valence-corrected chi connectivity index (χ1v) is 7.91. The Kier molecular flexibility index (Phi) is 6.57. The monoisotopic (exact) mass is 277 g/mol. The van der Waals surface area contributed by atoms with Gasteiger partial charge in [-0.1, -0.05) is 13.3 Å². The normalized spacial score (nSPS) is 15.4. The topological polar surface area (TPSA) is 53.1 Å². The standard InChI is InChI=1S/C15H27N5/c1-2-3-8-17-15-18-10-7-14(19-15)16-9-6-13-20-11-4-5-12-20/h7,10H,2-6,8-9,11-13H2,1H3,(H2,16,17,18,19). The van der Waals surface area contributed by atoms with Crippen LogP contribution in [0.2, 0.25) is 0 Å². The highest BCUT2D eigenvalue weighted by atomic mass is 15.1. The van der Waals surface area contributed by atoms with Gasteiger partial charge in [-0.2, -0.15) is 4.98 Å². The first-order chi connectivity index (χ1) is 9.88. The average Bonchev–Trinajstić information content (AvgIpc) is 2.98. The number of anilines is 2. The van der Waals surface area contributed by atoms with Crippen molar-refractivity contribution < 1.29 is 0 Å². The maximum atomic E-state index is 4.47. The number of likely N-dealkylation sites (tertiary alicyclic amines) is 1. The number of hydrogen-bond donors (Lipinski definition) is 2. The minimum absolute atomic E-state index is 0.725. The molecule has 20 heavy (non-hydrogen) atoms. The van der Waals surface area contributed by atoms with Crippen LogP contribution in [0.1, 0.15) is 39.0 Å². The third-order valence-corrected chi connectivity index (χ3v) is 3.62. The summed E-state index contributed by atoms with van der Waals surface area (Å²) in [7, 11) is 0. The molecule has 112 valence electrons. The number of unbranched alkanes of at least 4 members (excludes halogenated alkanes) is 1. The smallest absolute Gasteiger partial charge is 0.224 e. The van der Waals surface area contributed by atoms with Crippen molar-refractivity contribution in [1.29, 1.82) is 0 Å². The van der Waals surface area contributed by atoms with Gasteiger partial charge in [0.1, 0.15) is 5.82 Å². The van der Waals surface area contributed by atoms with Gasteiger partial charge < -0.3 is 15.5 Å². The molecule has 0 aromatic carbocycles. The van der Waals surface area contributed by atoms with Gasteiger partial charge in [0.05, 0.1) is 0 Å². The van der Waals surface area contributed by atoms with Crippen molar-refractivity contribution >= 4 is 11.8 Å². The summed E-state index contributed by atoms with van der Waals surface area (Å²) in [5.74, 6) is 1.64. The van der Waals surface area contributed by atoms with Crippen LogP contribution in [-0.4, -0.2) is 47.6 Å². The number of nitrogens with zero attached hydrogens (tertiary/aromatic N) is 3. The maximum absolute atomic E-state index is 4.47. The van der Waals surface area contributed by atoms with Gasteiger partial charge in [0.25, 0.3) is 0 Å². The van der Waals surface area contributed by atoms with Gasteiger partial charge >= 0.3 is 0 Å². The summed E-state index contributed by atoms with van der Waals surface area (Å²) in [6.45, 7) is 7.84. The quantitative estimate of drug-likeness (QED) is 0.680. The molecule has 5 heteroatoms. The third-order valence-electron chi connectivity index (χ3n) is 3.62. The molecule has 1 saturated heterocycles. The lowest BCUT2D eigenvalue weighted by Crippen LogP contribution is -2.22. The predicted octanol–water partition coefficient (Wildman–Crippen LogP) is 2.59. The molecule has 1 fully saturated rings. The Balaban J connectivity index is 1.65. The number of hydrogen-bond acceptors (Lipinski definition) is 5. The van der Waals surface area contributed by atoms with Gasteiger partial charge in [0.2, 0.25) is 5.95 Å². The summed E-state index contributed by atoms with van der Waals surface area (Å²) in [6.07, 6.45) is 8.04. The first kappa shape index (κ1) is 15.0.